The van der Waals surface area contributed by atoms with Gasteiger partial charge >= 0.3 is 0 Å². The molecule has 0 saturated heterocycles. The van der Waals surface area contributed by atoms with Crippen LogP contribution in [0.25, 0.3) is 0 Å². The molecule has 0 radical (unpaired) electrons. The molecule has 1 aromatic heterocycles. The maximum atomic E-state index is 12.3. The van der Waals surface area contributed by atoms with Crippen molar-refractivity contribution in [3.63, 3.8) is 0 Å². The van der Waals surface area contributed by atoms with Crippen LogP contribution in [-0.4, -0.2) is 13.4 Å². The molecule has 0 aliphatic rings. The maximum Gasteiger partial charge on any atom is 0.263 e. The first kappa shape index (κ1) is 15.0. The fourth-order valence-electron chi connectivity index (χ4n) is 1.86. The Kier molecular flexibility index (Phi) is 3.88. The molecule has 0 unspecified atom stereocenters. The number of hydrogen-bond donors (Lipinski definition) is 1. The molecular formula is C14H18N2O2S2. The average molecular weight is 310 g/mol. The number of thiazole rings is 1. The third-order valence-electron chi connectivity index (χ3n) is 2.98. The van der Waals surface area contributed by atoms with E-state index in [9.17, 15) is 8.42 Å². The molecule has 0 atom stereocenters. The van der Waals surface area contributed by atoms with Crippen LogP contribution in [0.1, 0.15) is 31.9 Å². The summed E-state index contributed by atoms with van der Waals surface area (Å²) in [6, 6.07) is 5.45. The smallest absolute Gasteiger partial charge is 0.255 e. The van der Waals surface area contributed by atoms with Gasteiger partial charge in [0.1, 0.15) is 0 Å². The van der Waals surface area contributed by atoms with E-state index in [4.69, 9.17) is 0 Å². The van der Waals surface area contributed by atoms with E-state index in [-0.39, 0.29) is 5.41 Å². The van der Waals surface area contributed by atoms with Crippen LogP contribution in [0.5, 0.6) is 0 Å². The van der Waals surface area contributed by atoms with Gasteiger partial charge in [0, 0.05) is 11.6 Å². The molecule has 0 bridgehead atoms. The summed E-state index contributed by atoms with van der Waals surface area (Å²) in [5.74, 6) is 0. The highest BCUT2D eigenvalue weighted by Crippen LogP contribution is 2.27. The lowest BCUT2D eigenvalue weighted by Crippen LogP contribution is -2.16. The quantitative estimate of drug-likeness (QED) is 0.943. The Labute approximate surface area is 123 Å². The first-order chi connectivity index (χ1) is 9.20. The SMILES string of the molecule is Cc1cc(C(C)(C)C)ccc1S(=O)(=O)Nc1nccs1. The fraction of sp³-hybridized carbons (Fsp3) is 0.357. The number of anilines is 1. The van der Waals surface area contributed by atoms with E-state index in [0.29, 0.717) is 10.0 Å². The molecule has 0 saturated carbocycles. The van der Waals surface area contributed by atoms with Crippen LogP contribution in [0.2, 0.25) is 0 Å². The van der Waals surface area contributed by atoms with Gasteiger partial charge in [-0.3, -0.25) is 4.72 Å². The molecule has 0 aliphatic carbocycles. The fourth-order valence-corrected chi connectivity index (χ4v) is 3.88. The Morgan fingerprint density at radius 1 is 1.25 bits per heavy atom. The van der Waals surface area contributed by atoms with Gasteiger partial charge in [0.2, 0.25) is 0 Å². The highest BCUT2D eigenvalue weighted by Gasteiger charge is 2.21. The molecule has 0 spiro atoms. The number of hydrogen-bond acceptors (Lipinski definition) is 4. The van der Waals surface area contributed by atoms with Gasteiger partial charge in [-0.25, -0.2) is 13.4 Å². The normalized spacial score (nSPS) is 12.4. The van der Waals surface area contributed by atoms with Gasteiger partial charge in [-0.15, -0.1) is 11.3 Å². The van der Waals surface area contributed by atoms with Crippen LogP contribution in [-0.2, 0) is 15.4 Å². The third-order valence-corrected chi connectivity index (χ3v) is 5.30. The lowest BCUT2D eigenvalue weighted by molar-refractivity contribution is 0.586. The zero-order valence-electron chi connectivity index (χ0n) is 12.0. The second-order valence-electron chi connectivity index (χ2n) is 5.67. The van der Waals surface area contributed by atoms with Crippen molar-refractivity contribution >= 4 is 26.5 Å². The monoisotopic (exact) mass is 310 g/mol. The van der Waals surface area contributed by atoms with Gasteiger partial charge in [0.15, 0.2) is 5.13 Å². The molecular weight excluding hydrogens is 292 g/mol. The summed E-state index contributed by atoms with van der Waals surface area (Å²) in [4.78, 5) is 4.23. The van der Waals surface area contributed by atoms with Crippen molar-refractivity contribution in [2.24, 2.45) is 0 Å². The topological polar surface area (TPSA) is 59.1 Å². The summed E-state index contributed by atoms with van der Waals surface area (Å²) in [5.41, 5.74) is 1.85. The minimum absolute atomic E-state index is 0.00418. The number of sulfonamides is 1. The summed E-state index contributed by atoms with van der Waals surface area (Å²) in [7, 11) is -3.58. The predicted octanol–water partition coefficient (Wildman–Crippen LogP) is 3.55. The molecule has 1 heterocycles. The highest BCUT2D eigenvalue weighted by atomic mass is 32.2. The van der Waals surface area contributed by atoms with E-state index in [1.807, 2.05) is 19.1 Å². The zero-order valence-corrected chi connectivity index (χ0v) is 13.6. The molecule has 1 aromatic carbocycles. The summed E-state index contributed by atoms with van der Waals surface area (Å²) in [6.07, 6.45) is 1.57. The number of aryl methyl sites for hydroxylation is 1. The van der Waals surface area contributed by atoms with Gasteiger partial charge in [0.25, 0.3) is 10.0 Å². The second-order valence-corrected chi connectivity index (χ2v) is 8.22. The van der Waals surface area contributed by atoms with Crippen molar-refractivity contribution in [1.82, 2.24) is 4.98 Å². The van der Waals surface area contributed by atoms with Crippen molar-refractivity contribution in [3.8, 4) is 0 Å². The lowest BCUT2D eigenvalue weighted by Gasteiger charge is -2.20. The van der Waals surface area contributed by atoms with E-state index in [0.717, 1.165) is 11.1 Å². The van der Waals surface area contributed by atoms with Crippen molar-refractivity contribution in [2.45, 2.75) is 38.0 Å². The second kappa shape index (κ2) is 5.18. The highest BCUT2D eigenvalue weighted by molar-refractivity contribution is 7.93. The predicted molar refractivity (Wildman–Crippen MR) is 82.8 cm³/mol. The largest absolute Gasteiger partial charge is 0.263 e. The Morgan fingerprint density at radius 2 is 1.95 bits per heavy atom. The summed E-state index contributed by atoms with van der Waals surface area (Å²) >= 11 is 1.26. The summed E-state index contributed by atoms with van der Waals surface area (Å²) in [5, 5.41) is 2.11. The zero-order chi connectivity index (χ0) is 15.0. The molecule has 0 fully saturated rings. The van der Waals surface area contributed by atoms with Crippen molar-refractivity contribution < 1.29 is 8.42 Å². The molecule has 6 heteroatoms. The van der Waals surface area contributed by atoms with Crippen LogP contribution in [0.15, 0.2) is 34.7 Å². The van der Waals surface area contributed by atoms with Crippen LogP contribution in [0.4, 0.5) is 5.13 Å². The number of aromatic nitrogens is 1. The molecule has 2 aromatic rings. The minimum Gasteiger partial charge on any atom is -0.255 e. The Balaban J connectivity index is 2.38. The first-order valence-corrected chi connectivity index (χ1v) is 8.60. The maximum absolute atomic E-state index is 12.3. The Bertz CT molecular complexity index is 699. The van der Waals surface area contributed by atoms with Crippen LogP contribution in [0, 0.1) is 6.92 Å². The van der Waals surface area contributed by atoms with E-state index in [2.05, 4.69) is 30.5 Å². The van der Waals surface area contributed by atoms with E-state index < -0.39 is 10.0 Å². The molecule has 4 nitrogen and oxygen atoms in total. The number of nitrogens with zero attached hydrogens (tertiary/aromatic N) is 1. The molecule has 2 rings (SSSR count). The number of benzene rings is 1. The lowest BCUT2D eigenvalue weighted by atomic mass is 9.86. The van der Waals surface area contributed by atoms with Crippen LogP contribution >= 0.6 is 11.3 Å². The first-order valence-electron chi connectivity index (χ1n) is 6.23. The van der Waals surface area contributed by atoms with Crippen molar-refractivity contribution in [1.29, 1.82) is 0 Å². The van der Waals surface area contributed by atoms with E-state index >= 15 is 0 Å². The van der Waals surface area contributed by atoms with Gasteiger partial charge < -0.3 is 0 Å². The molecule has 0 aliphatic heterocycles. The Morgan fingerprint density at radius 3 is 2.45 bits per heavy atom. The standard InChI is InChI=1S/C14H18N2O2S2/c1-10-9-11(14(2,3)4)5-6-12(10)20(17,18)16-13-15-7-8-19-13/h5-9H,1-4H3,(H,15,16). The minimum atomic E-state index is -3.58. The summed E-state index contributed by atoms with van der Waals surface area (Å²) in [6.45, 7) is 8.11. The van der Waals surface area contributed by atoms with Crippen molar-refractivity contribution in [3.05, 3.63) is 40.9 Å². The van der Waals surface area contributed by atoms with E-state index in [1.54, 1.807) is 17.6 Å². The number of rotatable bonds is 3. The Hall–Kier alpha value is -1.40. The van der Waals surface area contributed by atoms with Gasteiger partial charge in [-0.1, -0.05) is 32.9 Å². The molecule has 108 valence electrons. The van der Waals surface area contributed by atoms with Crippen molar-refractivity contribution in [2.75, 3.05) is 4.72 Å². The van der Waals surface area contributed by atoms with E-state index in [1.165, 1.54) is 11.3 Å². The summed E-state index contributed by atoms with van der Waals surface area (Å²) < 4.78 is 27.2. The van der Waals surface area contributed by atoms with Gasteiger partial charge in [-0.2, -0.15) is 0 Å². The molecule has 20 heavy (non-hydrogen) atoms. The molecule has 1 N–H and O–H groups in total. The van der Waals surface area contributed by atoms with Crippen LogP contribution < -0.4 is 4.72 Å². The third kappa shape index (κ3) is 3.19. The van der Waals surface area contributed by atoms with Gasteiger partial charge in [0.05, 0.1) is 4.90 Å². The molecule has 0 amide bonds. The van der Waals surface area contributed by atoms with Crippen LogP contribution in [0.3, 0.4) is 0 Å². The average Bonchev–Trinajstić information content (AvgIpc) is 2.79. The van der Waals surface area contributed by atoms with Gasteiger partial charge in [-0.05, 0) is 29.5 Å². The number of nitrogens with one attached hydrogen (secondary N) is 1.